The van der Waals surface area contributed by atoms with Crippen molar-refractivity contribution >= 4 is 5.69 Å². The first-order chi connectivity index (χ1) is 7.76. The van der Waals surface area contributed by atoms with Gasteiger partial charge in [0.1, 0.15) is 5.82 Å². The maximum atomic E-state index is 13.5. The molecule has 0 saturated carbocycles. The Morgan fingerprint density at radius 3 is 2.88 bits per heavy atom. The molecule has 88 valence electrons. The normalized spacial score (nSPS) is 25.4. The number of hydrogen-bond donors (Lipinski definition) is 3. The van der Waals surface area contributed by atoms with E-state index in [2.05, 4.69) is 10.6 Å². The van der Waals surface area contributed by atoms with E-state index in [0.717, 1.165) is 25.9 Å². The van der Waals surface area contributed by atoms with Crippen molar-refractivity contribution in [3.05, 3.63) is 30.1 Å². The number of halogens is 1. The minimum atomic E-state index is -0.221. The predicted octanol–water partition coefficient (Wildman–Crippen LogP) is 1.32. The third-order valence-electron chi connectivity index (χ3n) is 3.14. The van der Waals surface area contributed by atoms with Gasteiger partial charge in [-0.15, -0.1) is 0 Å². The lowest BCUT2D eigenvalue weighted by molar-refractivity contribution is 0.348. The average molecular weight is 223 g/mol. The molecule has 0 bridgehead atoms. The fourth-order valence-electron chi connectivity index (χ4n) is 2.15. The lowest BCUT2D eigenvalue weighted by Gasteiger charge is -2.38. The van der Waals surface area contributed by atoms with Crippen molar-refractivity contribution in [2.45, 2.75) is 18.4 Å². The summed E-state index contributed by atoms with van der Waals surface area (Å²) < 4.78 is 13.5. The topological polar surface area (TPSA) is 50.1 Å². The van der Waals surface area contributed by atoms with E-state index in [0.29, 0.717) is 12.2 Å². The quantitative estimate of drug-likeness (QED) is 0.724. The van der Waals surface area contributed by atoms with E-state index in [4.69, 9.17) is 5.73 Å². The number of nitrogens with two attached hydrogens (primary N) is 1. The summed E-state index contributed by atoms with van der Waals surface area (Å²) in [6.07, 6.45) is 2.05. The van der Waals surface area contributed by atoms with E-state index < -0.39 is 0 Å². The minimum Gasteiger partial charge on any atom is -0.375 e. The van der Waals surface area contributed by atoms with Crippen LogP contribution in [0.4, 0.5) is 10.1 Å². The van der Waals surface area contributed by atoms with Crippen LogP contribution in [0.2, 0.25) is 0 Å². The molecule has 1 fully saturated rings. The van der Waals surface area contributed by atoms with Gasteiger partial charge in [0, 0.05) is 13.1 Å². The highest BCUT2D eigenvalue weighted by molar-refractivity contribution is 5.47. The van der Waals surface area contributed by atoms with E-state index in [-0.39, 0.29) is 11.4 Å². The van der Waals surface area contributed by atoms with Gasteiger partial charge in [-0.1, -0.05) is 12.1 Å². The Morgan fingerprint density at radius 1 is 1.44 bits per heavy atom. The van der Waals surface area contributed by atoms with Gasteiger partial charge in [-0.2, -0.15) is 0 Å². The van der Waals surface area contributed by atoms with E-state index in [1.807, 2.05) is 6.07 Å². The Hall–Kier alpha value is -1.13. The van der Waals surface area contributed by atoms with Gasteiger partial charge in [-0.3, -0.25) is 0 Å². The zero-order chi connectivity index (χ0) is 11.4. The van der Waals surface area contributed by atoms with Gasteiger partial charge < -0.3 is 16.4 Å². The number of nitrogens with one attached hydrogen (secondary N) is 2. The number of hydrogen-bond acceptors (Lipinski definition) is 3. The lowest BCUT2D eigenvalue weighted by Crippen LogP contribution is -2.56. The fourth-order valence-corrected chi connectivity index (χ4v) is 2.15. The molecule has 1 heterocycles. The van der Waals surface area contributed by atoms with E-state index >= 15 is 0 Å². The number of piperidine rings is 1. The zero-order valence-electron chi connectivity index (χ0n) is 9.30. The first-order valence-electron chi connectivity index (χ1n) is 5.69. The van der Waals surface area contributed by atoms with Gasteiger partial charge in [0.15, 0.2) is 0 Å². The summed E-state index contributed by atoms with van der Waals surface area (Å²) in [5.74, 6) is -0.221. The van der Waals surface area contributed by atoms with Crippen molar-refractivity contribution in [1.29, 1.82) is 0 Å². The van der Waals surface area contributed by atoms with Crippen molar-refractivity contribution in [3.8, 4) is 0 Å². The molecule has 0 aliphatic carbocycles. The van der Waals surface area contributed by atoms with Gasteiger partial charge in [0.25, 0.3) is 0 Å². The molecule has 2 rings (SSSR count). The lowest BCUT2D eigenvalue weighted by atomic mass is 9.90. The molecule has 0 spiro atoms. The summed E-state index contributed by atoms with van der Waals surface area (Å²) in [5.41, 5.74) is 6.14. The summed E-state index contributed by atoms with van der Waals surface area (Å²) >= 11 is 0. The SMILES string of the molecule is NCC1(Nc2ccccc2F)CCCNC1. The Morgan fingerprint density at radius 2 is 2.25 bits per heavy atom. The summed E-state index contributed by atoms with van der Waals surface area (Å²) in [7, 11) is 0. The number of rotatable bonds is 3. The van der Waals surface area contributed by atoms with Crippen molar-refractivity contribution in [3.63, 3.8) is 0 Å². The van der Waals surface area contributed by atoms with Crippen LogP contribution in [0.3, 0.4) is 0 Å². The summed E-state index contributed by atoms with van der Waals surface area (Å²) in [5, 5.41) is 6.55. The van der Waals surface area contributed by atoms with Crippen LogP contribution in [0, 0.1) is 5.82 Å². The average Bonchev–Trinajstić information content (AvgIpc) is 2.33. The minimum absolute atomic E-state index is 0.208. The van der Waals surface area contributed by atoms with Crippen LogP contribution < -0.4 is 16.4 Å². The molecule has 1 unspecified atom stereocenters. The Balaban J connectivity index is 2.15. The van der Waals surface area contributed by atoms with Crippen molar-refractivity contribution in [2.24, 2.45) is 5.73 Å². The first kappa shape index (κ1) is 11.4. The fraction of sp³-hybridized carbons (Fsp3) is 0.500. The van der Waals surface area contributed by atoms with Crippen LogP contribution in [0.1, 0.15) is 12.8 Å². The third-order valence-corrected chi connectivity index (χ3v) is 3.14. The van der Waals surface area contributed by atoms with Crippen LogP contribution in [0.15, 0.2) is 24.3 Å². The molecule has 3 nitrogen and oxygen atoms in total. The molecule has 1 saturated heterocycles. The molecule has 1 atom stereocenters. The number of benzene rings is 1. The standard InChI is InChI=1S/C12H18FN3/c13-10-4-1-2-5-11(10)16-12(8-14)6-3-7-15-9-12/h1-2,4-5,15-16H,3,6-9,14H2. The van der Waals surface area contributed by atoms with Gasteiger partial charge in [-0.05, 0) is 31.5 Å². The summed E-state index contributed by atoms with van der Waals surface area (Å²) in [6, 6.07) is 6.73. The van der Waals surface area contributed by atoms with Crippen LogP contribution >= 0.6 is 0 Å². The smallest absolute Gasteiger partial charge is 0.146 e. The molecule has 1 aromatic carbocycles. The largest absolute Gasteiger partial charge is 0.375 e. The zero-order valence-corrected chi connectivity index (χ0v) is 9.30. The van der Waals surface area contributed by atoms with Gasteiger partial charge >= 0.3 is 0 Å². The third kappa shape index (κ3) is 2.33. The van der Waals surface area contributed by atoms with Gasteiger partial charge in [0.05, 0.1) is 11.2 Å². The molecule has 0 radical (unpaired) electrons. The van der Waals surface area contributed by atoms with Crippen LogP contribution in [-0.4, -0.2) is 25.2 Å². The van der Waals surface area contributed by atoms with Crippen LogP contribution in [-0.2, 0) is 0 Å². The molecule has 1 aliphatic heterocycles. The molecule has 16 heavy (non-hydrogen) atoms. The molecule has 0 amide bonds. The molecule has 4 heteroatoms. The van der Waals surface area contributed by atoms with Gasteiger partial charge in [-0.25, -0.2) is 4.39 Å². The second kappa shape index (κ2) is 4.80. The molecular weight excluding hydrogens is 205 g/mol. The van der Waals surface area contributed by atoms with E-state index in [1.54, 1.807) is 12.1 Å². The Kier molecular flexibility index (Phi) is 3.41. The van der Waals surface area contributed by atoms with Crippen molar-refractivity contribution in [2.75, 3.05) is 25.0 Å². The molecule has 1 aliphatic rings. The molecular formula is C12H18FN3. The van der Waals surface area contributed by atoms with Crippen molar-refractivity contribution in [1.82, 2.24) is 5.32 Å². The highest BCUT2D eigenvalue weighted by Gasteiger charge is 2.30. The van der Waals surface area contributed by atoms with Crippen molar-refractivity contribution < 1.29 is 4.39 Å². The highest BCUT2D eigenvalue weighted by atomic mass is 19.1. The van der Waals surface area contributed by atoms with Gasteiger partial charge in [0.2, 0.25) is 0 Å². The van der Waals surface area contributed by atoms with E-state index in [1.165, 1.54) is 6.07 Å². The maximum absolute atomic E-state index is 13.5. The second-order valence-electron chi connectivity index (χ2n) is 4.37. The first-order valence-corrected chi connectivity index (χ1v) is 5.69. The molecule has 0 aromatic heterocycles. The predicted molar refractivity (Wildman–Crippen MR) is 63.9 cm³/mol. The number of para-hydroxylation sites is 1. The van der Waals surface area contributed by atoms with Crippen LogP contribution in [0.25, 0.3) is 0 Å². The monoisotopic (exact) mass is 223 g/mol. The molecule has 1 aromatic rings. The van der Waals surface area contributed by atoms with Crippen LogP contribution in [0.5, 0.6) is 0 Å². The Bertz CT molecular complexity index is 348. The summed E-state index contributed by atoms with van der Waals surface area (Å²) in [6.45, 7) is 2.31. The highest BCUT2D eigenvalue weighted by Crippen LogP contribution is 2.23. The van der Waals surface area contributed by atoms with E-state index in [9.17, 15) is 4.39 Å². The Labute approximate surface area is 95.2 Å². The second-order valence-corrected chi connectivity index (χ2v) is 4.37. The molecule has 4 N–H and O–H groups in total. The summed E-state index contributed by atoms with van der Waals surface area (Å²) in [4.78, 5) is 0. The maximum Gasteiger partial charge on any atom is 0.146 e. The number of anilines is 1.